The molecule has 192 valence electrons. The van der Waals surface area contributed by atoms with Crippen LogP contribution in [0.1, 0.15) is 53.8 Å². The van der Waals surface area contributed by atoms with Gasteiger partial charge in [-0.2, -0.15) is 5.10 Å². The van der Waals surface area contributed by atoms with E-state index in [2.05, 4.69) is 20.7 Å². The molecule has 2 fully saturated rings. The number of likely N-dealkylation sites (tertiary alicyclic amines) is 2. The van der Waals surface area contributed by atoms with Gasteiger partial charge in [0.1, 0.15) is 6.04 Å². The average Bonchev–Trinajstić information content (AvgIpc) is 3.46. The maximum absolute atomic E-state index is 13.4. The summed E-state index contributed by atoms with van der Waals surface area (Å²) in [6.07, 6.45) is 4.18. The number of aryl methyl sites for hydroxylation is 3. The van der Waals surface area contributed by atoms with Crippen molar-refractivity contribution in [3.05, 3.63) is 47.3 Å². The van der Waals surface area contributed by atoms with Crippen LogP contribution in [-0.4, -0.2) is 75.5 Å². The number of carbonyl (C=O) groups is 3. The molecule has 1 unspecified atom stereocenters. The van der Waals surface area contributed by atoms with Crippen LogP contribution < -0.4 is 10.6 Å². The summed E-state index contributed by atoms with van der Waals surface area (Å²) in [6, 6.07) is 8.68. The van der Waals surface area contributed by atoms with Crippen LogP contribution in [0.4, 0.5) is 5.69 Å². The van der Waals surface area contributed by atoms with Crippen LogP contribution >= 0.6 is 0 Å². The normalized spacial score (nSPS) is 18.8. The molecule has 0 bridgehead atoms. The molecule has 10 nitrogen and oxygen atoms in total. The van der Waals surface area contributed by atoms with E-state index in [0.29, 0.717) is 13.0 Å². The molecule has 1 atom stereocenters. The summed E-state index contributed by atoms with van der Waals surface area (Å²) in [5, 5.41) is 10.2. The molecule has 2 N–H and O–H groups in total. The lowest BCUT2D eigenvalue weighted by atomic mass is 10.1. The molecule has 0 spiro atoms. The van der Waals surface area contributed by atoms with Crippen molar-refractivity contribution >= 4 is 29.4 Å². The van der Waals surface area contributed by atoms with E-state index >= 15 is 0 Å². The summed E-state index contributed by atoms with van der Waals surface area (Å²) < 4.78 is 1.63. The predicted octanol–water partition coefficient (Wildman–Crippen LogP) is 2.24. The van der Waals surface area contributed by atoms with E-state index in [1.807, 2.05) is 43.0 Å². The number of anilines is 1. The molecule has 1 aromatic carbocycles. The van der Waals surface area contributed by atoms with Gasteiger partial charge in [0.25, 0.3) is 5.91 Å². The summed E-state index contributed by atoms with van der Waals surface area (Å²) >= 11 is 0. The lowest BCUT2D eigenvalue weighted by Gasteiger charge is -2.25. The highest BCUT2D eigenvalue weighted by atomic mass is 16.2. The van der Waals surface area contributed by atoms with Gasteiger partial charge in [-0.25, -0.2) is 4.99 Å². The second-order valence-corrected chi connectivity index (χ2v) is 9.58. The molecule has 10 heteroatoms. The third kappa shape index (κ3) is 6.30. The molecule has 1 aromatic heterocycles. The monoisotopic (exact) mass is 493 g/mol. The first-order chi connectivity index (χ1) is 17.3. The van der Waals surface area contributed by atoms with Crippen molar-refractivity contribution in [3.63, 3.8) is 0 Å². The van der Waals surface area contributed by atoms with Gasteiger partial charge < -0.3 is 15.1 Å². The van der Waals surface area contributed by atoms with E-state index in [-0.39, 0.29) is 30.0 Å². The fourth-order valence-corrected chi connectivity index (χ4v) is 4.55. The molecule has 2 saturated heterocycles. The number of carbonyl (C=O) groups excluding carboxylic acids is 3. The third-order valence-electron chi connectivity index (χ3n) is 6.68. The SMILES string of the molecule is Cc1cccc(NC(=NC2CCCCN(CC(=O)N3CCCC3)C2=O)NC(=O)c2cc(C)n(C)n2)c1. The van der Waals surface area contributed by atoms with Crippen LogP contribution in [0.2, 0.25) is 0 Å². The second-order valence-electron chi connectivity index (χ2n) is 9.58. The molecule has 0 saturated carbocycles. The van der Waals surface area contributed by atoms with Crippen LogP contribution in [0.15, 0.2) is 35.3 Å². The van der Waals surface area contributed by atoms with Gasteiger partial charge in [0.15, 0.2) is 5.69 Å². The molecule has 4 rings (SSSR count). The van der Waals surface area contributed by atoms with Crippen molar-refractivity contribution < 1.29 is 14.4 Å². The third-order valence-corrected chi connectivity index (χ3v) is 6.68. The number of hydrogen-bond acceptors (Lipinski definition) is 5. The summed E-state index contributed by atoms with van der Waals surface area (Å²) in [7, 11) is 1.77. The number of nitrogens with zero attached hydrogens (tertiary/aromatic N) is 5. The van der Waals surface area contributed by atoms with Gasteiger partial charge in [0.2, 0.25) is 17.8 Å². The van der Waals surface area contributed by atoms with E-state index < -0.39 is 11.9 Å². The van der Waals surface area contributed by atoms with Crippen molar-refractivity contribution in [2.45, 2.75) is 52.0 Å². The highest BCUT2D eigenvalue weighted by molar-refractivity contribution is 6.09. The number of hydrogen-bond donors (Lipinski definition) is 2. The minimum atomic E-state index is -0.697. The molecule has 3 amide bonds. The van der Waals surface area contributed by atoms with Crippen LogP contribution in [0.25, 0.3) is 0 Å². The molecule has 36 heavy (non-hydrogen) atoms. The number of rotatable bonds is 5. The zero-order valence-corrected chi connectivity index (χ0v) is 21.3. The number of guanidine groups is 1. The molecule has 2 aromatic rings. The van der Waals surface area contributed by atoms with E-state index in [0.717, 1.165) is 55.7 Å². The van der Waals surface area contributed by atoms with Crippen molar-refractivity contribution in [3.8, 4) is 0 Å². The summed E-state index contributed by atoms with van der Waals surface area (Å²) in [5.74, 6) is -0.436. The fraction of sp³-hybridized carbons (Fsp3) is 0.500. The molecule has 0 aliphatic carbocycles. The first-order valence-corrected chi connectivity index (χ1v) is 12.6. The first-order valence-electron chi connectivity index (χ1n) is 12.6. The minimum absolute atomic E-state index is 0.0117. The topological polar surface area (TPSA) is 112 Å². The average molecular weight is 494 g/mol. The van der Waals surface area contributed by atoms with Gasteiger partial charge in [-0.1, -0.05) is 12.1 Å². The van der Waals surface area contributed by atoms with Crippen LogP contribution in [0, 0.1) is 13.8 Å². The second kappa shape index (κ2) is 11.4. The van der Waals surface area contributed by atoms with Gasteiger partial charge in [0.05, 0.1) is 6.54 Å². The Morgan fingerprint density at radius 2 is 1.83 bits per heavy atom. The van der Waals surface area contributed by atoms with Crippen molar-refractivity contribution in [2.75, 3.05) is 31.5 Å². The van der Waals surface area contributed by atoms with Crippen LogP contribution in [0.3, 0.4) is 0 Å². The summed E-state index contributed by atoms with van der Waals surface area (Å²) in [5.41, 5.74) is 2.90. The molecule has 2 aliphatic rings. The Balaban J connectivity index is 1.56. The van der Waals surface area contributed by atoms with E-state index in [9.17, 15) is 14.4 Å². The summed E-state index contributed by atoms with van der Waals surface area (Å²) in [4.78, 5) is 47.3. The smallest absolute Gasteiger partial charge is 0.278 e. The van der Waals surface area contributed by atoms with Gasteiger partial charge in [0, 0.05) is 38.1 Å². The number of amides is 3. The van der Waals surface area contributed by atoms with Gasteiger partial charge >= 0.3 is 0 Å². The van der Waals surface area contributed by atoms with Crippen molar-refractivity contribution in [1.29, 1.82) is 0 Å². The molecule has 0 radical (unpaired) electrons. The Bertz CT molecular complexity index is 1130. The fourth-order valence-electron chi connectivity index (χ4n) is 4.55. The maximum atomic E-state index is 13.4. The van der Waals surface area contributed by atoms with Crippen molar-refractivity contribution in [1.82, 2.24) is 24.9 Å². The van der Waals surface area contributed by atoms with E-state index in [1.54, 1.807) is 22.7 Å². The maximum Gasteiger partial charge on any atom is 0.278 e. The molecule has 2 aliphatic heterocycles. The highest BCUT2D eigenvalue weighted by Crippen LogP contribution is 2.17. The Labute approximate surface area is 211 Å². The van der Waals surface area contributed by atoms with Crippen LogP contribution in [0.5, 0.6) is 0 Å². The number of benzene rings is 1. The van der Waals surface area contributed by atoms with E-state index in [1.165, 1.54) is 0 Å². The minimum Gasteiger partial charge on any atom is -0.341 e. The van der Waals surface area contributed by atoms with Crippen LogP contribution in [-0.2, 0) is 16.6 Å². The lowest BCUT2D eigenvalue weighted by Crippen LogP contribution is -2.45. The number of aliphatic imine (C=N–C) groups is 1. The zero-order chi connectivity index (χ0) is 25.7. The van der Waals surface area contributed by atoms with E-state index in [4.69, 9.17) is 0 Å². The predicted molar refractivity (Wildman–Crippen MR) is 138 cm³/mol. The Morgan fingerprint density at radius 1 is 1.08 bits per heavy atom. The first kappa shape index (κ1) is 25.4. The molecular weight excluding hydrogens is 458 g/mol. The lowest BCUT2D eigenvalue weighted by molar-refractivity contribution is -0.140. The Hall–Kier alpha value is -3.69. The molecule has 3 heterocycles. The summed E-state index contributed by atoms with van der Waals surface area (Å²) in [6.45, 7) is 5.96. The van der Waals surface area contributed by atoms with Gasteiger partial charge in [-0.3, -0.25) is 24.4 Å². The zero-order valence-electron chi connectivity index (χ0n) is 21.3. The van der Waals surface area contributed by atoms with Gasteiger partial charge in [-0.15, -0.1) is 0 Å². The van der Waals surface area contributed by atoms with Crippen molar-refractivity contribution in [2.24, 2.45) is 12.0 Å². The highest BCUT2D eigenvalue weighted by Gasteiger charge is 2.30. The Morgan fingerprint density at radius 3 is 2.53 bits per heavy atom. The largest absolute Gasteiger partial charge is 0.341 e. The molecular formula is C26H35N7O3. The number of nitrogens with one attached hydrogen (secondary N) is 2. The quantitative estimate of drug-likeness (QED) is 0.490. The van der Waals surface area contributed by atoms with Gasteiger partial charge in [-0.05, 0) is 69.7 Å². The Kier molecular flexibility index (Phi) is 8.02. The standard InChI is InChI=1S/C26H35N7O3/c1-18-9-8-10-20(15-18)27-26(29-24(35)22-16-19(2)31(3)30-22)28-21-11-4-5-14-33(25(21)36)17-23(34)32-12-6-7-13-32/h8-10,15-16,21H,4-7,11-14,17H2,1-3H3,(H2,27,28,29,35). The number of aromatic nitrogens is 2.